The number of thioether (sulfide) groups is 2. The number of carbonyl (C=O) groups is 1. The average molecular weight is 382 g/mol. The average Bonchev–Trinajstić information content (AvgIpc) is 2.24. The first-order valence-electron chi connectivity index (χ1n) is 4.70. The minimum atomic E-state index is -0.408. The van der Waals surface area contributed by atoms with Crippen LogP contribution in [0.2, 0.25) is 0 Å². The number of rotatable bonds is 4. The van der Waals surface area contributed by atoms with Crippen molar-refractivity contribution in [3.05, 3.63) is 34.3 Å². The molecule has 0 aromatic carbocycles. The van der Waals surface area contributed by atoms with Crippen LogP contribution in [-0.2, 0) is 4.79 Å². The molecule has 0 aliphatic heterocycles. The SMILES string of the molecule is CSC(SC)=C(C(N)=O)[n+]1cccc(C)c1.[I-]. The van der Waals surface area contributed by atoms with E-state index in [1.807, 2.05) is 44.0 Å². The topological polar surface area (TPSA) is 47.0 Å². The Balaban J connectivity index is 0.00000256. The van der Waals surface area contributed by atoms with E-state index < -0.39 is 5.91 Å². The normalized spacial score (nSPS) is 9.35. The molecule has 0 atom stereocenters. The number of carbonyl (C=O) groups excluding carboxylic acids is 1. The quantitative estimate of drug-likeness (QED) is 0.397. The number of pyridine rings is 1. The Morgan fingerprint density at radius 1 is 1.35 bits per heavy atom. The van der Waals surface area contributed by atoms with Crippen molar-refractivity contribution in [2.45, 2.75) is 6.92 Å². The van der Waals surface area contributed by atoms with Gasteiger partial charge in [-0.15, -0.1) is 23.5 Å². The van der Waals surface area contributed by atoms with E-state index in [1.165, 1.54) is 23.5 Å². The van der Waals surface area contributed by atoms with Crippen molar-refractivity contribution >= 4 is 35.1 Å². The van der Waals surface area contributed by atoms with Crippen LogP contribution in [0.3, 0.4) is 0 Å². The summed E-state index contributed by atoms with van der Waals surface area (Å²) in [5.41, 5.74) is 7.04. The van der Waals surface area contributed by atoms with Gasteiger partial charge in [-0.2, -0.15) is 4.57 Å². The van der Waals surface area contributed by atoms with E-state index in [4.69, 9.17) is 5.73 Å². The van der Waals surface area contributed by atoms with Crippen LogP contribution >= 0.6 is 23.5 Å². The molecule has 0 radical (unpaired) electrons. The molecule has 1 rings (SSSR count). The third kappa shape index (κ3) is 4.51. The van der Waals surface area contributed by atoms with Crippen LogP contribution < -0.4 is 34.3 Å². The molecule has 1 aromatic rings. The molecular formula is C11H15IN2OS2. The monoisotopic (exact) mass is 382 g/mol. The molecular weight excluding hydrogens is 367 g/mol. The molecule has 0 fully saturated rings. The van der Waals surface area contributed by atoms with Crippen molar-refractivity contribution in [3.63, 3.8) is 0 Å². The Morgan fingerprint density at radius 3 is 2.35 bits per heavy atom. The molecule has 6 heteroatoms. The molecule has 0 saturated heterocycles. The van der Waals surface area contributed by atoms with Crippen LogP contribution in [0.15, 0.2) is 28.8 Å². The molecule has 0 aliphatic carbocycles. The second kappa shape index (κ2) is 7.99. The van der Waals surface area contributed by atoms with Crippen molar-refractivity contribution in [2.75, 3.05) is 12.5 Å². The lowest BCUT2D eigenvalue weighted by Crippen LogP contribution is -3.00. The molecule has 2 N–H and O–H groups in total. The fraction of sp³-hybridized carbons (Fsp3) is 0.273. The van der Waals surface area contributed by atoms with Crippen LogP contribution in [0.1, 0.15) is 5.56 Å². The van der Waals surface area contributed by atoms with Gasteiger partial charge < -0.3 is 29.7 Å². The number of amides is 1. The zero-order valence-corrected chi connectivity index (χ0v) is 13.7. The predicted octanol–water partition coefficient (Wildman–Crippen LogP) is -1.38. The Hall–Kier alpha value is -0.210. The highest BCUT2D eigenvalue weighted by molar-refractivity contribution is 8.21. The van der Waals surface area contributed by atoms with Gasteiger partial charge in [0.05, 0.1) is 0 Å². The van der Waals surface area contributed by atoms with E-state index in [9.17, 15) is 4.79 Å². The van der Waals surface area contributed by atoms with Crippen molar-refractivity contribution in [1.82, 2.24) is 0 Å². The Kier molecular flexibility index (Phi) is 7.89. The second-order valence-electron chi connectivity index (χ2n) is 3.20. The van der Waals surface area contributed by atoms with E-state index in [2.05, 4.69) is 0 Å². The van der Waals surface area contributed by atoms with Crippen LogP contribution in [0.25, 0.3) is 5.70 Å². The number of primary amides is 1. The largest absolute Gasteiger partial charge is 1.00 e. The van der Waals surface area contributed by atoms with E-state index in [0.29, 0.717) is 5.70 Å². The van der Waals surface area contributed by atoms with Gasteiger partial charge in [-0.3, -0.25) is 4.79 Å². The summed E-state index contributed by atoms with van der Waals surface area (Å²) in [7, 11) is 0. The molecule has 94 valence electrons. The fourth-order valence-electron chi connectivity index (χ4n) is 1.34. The first-order chi connectivity index (χ1) is 7.60. The first-order valence-corrected chi connectivity index (χ1v) is 7.15. The van der Waals surface area contributed by atoms with Crippen LogP contribution in [0.4, 0.5) is 0 Å². The molecule has 0 bridgehead atoms. The summed E-state index contributed by atoms with van der Waals surface area (Å²) in [5, 5.41) is 0. The van der Waals surface area contributed by atoms with E-state index in [1.54, 1.807) is 4.57 Å². The number of hydrogen-bond acceptors (Lipinski definition) is 3. The number of nitrogens with zero attached hydrogens (tertiary/aromatic N) is 1. The molecule has 3 nitrogen and oxygen atoms in total. The molecule has 0 spiro atoms. The Morgan fingerprint density at radius 2 is 1.94 bits per heavy atom. The van der Waals surface area contributed by atoms with Gasteiger partial charge in [0.1, 0.15) is 4.24 Å². The fourth-order valence-corrected chi connectivity index (χ4v) is 2.81. The summed E-state index contributed by atoms with van der Waals surface area (Å²) in [6, 6.07) is 3.88. The minimum absolute atomic E-state index is 0. The molecule has 17 heavy (non-hydrogen) atoms. The summed E-state index contributed by atoms with van der Waals surface area (Å²) in [4.78, 5) is 11.5. The highest BCUT2D eigenvalue weighted by Gasteiger charge is 2.22. The standard InChI is InChI=1S/C11H14N2OS2.HI/c1-8-5-4-6-13(7-8)9(10(12)14)11(15-2)16-3;/h4-7H,1-3H3,(H-,12,14);1H. The summed E-state index contributed by atoms with van der Waals surface area (Å²) < 4.78 is 2.70. The maximum absolute atomic E-state index is 11.5. The molecule has 1 aromatic heterocycles. The van der Waals surface area contributed by atoms with Gasteiger partial charge in [0.25, 0.3) is 5.70 Å². The number of aryl methyl sites for hydroxylation is 1. The molecule has 1 heterocycles. The maximum atomic E-state index is 11.5. The van der Waals surface area contributed by atoms with E-state index in [0.717, 1.165) is 9.80 Å². The number of nitrogens with two attached hydrogens (primary N) is 1. The van der Waals surface area contributed by atoms with Gasteiger partial charge in [0.15, 0.2) is 12.4 Å². The van der Waals surface area contributed by atoms with Crippen molar-refractivity contribution in [3.8, 4) is 0 Å². The van der Waals surface area contributed by atoms with E-state index in [-0.39, 0.29) is 24.0 Å². The van der Waals surface area contributed by atoms with Gasteiger partial charge >= 0.3 is 5.91 Å². The third-order valence-electron chi connectivity index (χ3n) is 2.00. The lowest BCUT2D eigenvalue weighted by molar-refractivity contribution is -0.577. The third-order valence-corrected chi connectivity index (χ3v) is 4.13. The summed E-state index contributed by atoms with van der Waals surface area (Å²) in [6.45, 7) is 1.98. The van der Waals surface area contributed by atoms with Gasteiger partial charge in [0, 0.05) is 11.6 Å². The predicted molar refractivity (Wildman–Crippen MR) is 70.8 cm³/mol. The van der Waals surface area contributed by atoms with Gasteiger partial charge in [-0.25, -0.2) is 0 Å². The van der Waals surface area contributed by atoms with Crippen LogP contribution in [0, 0.1) is 6.92 Å². The lowest BCUT2D eigenvalue weighted by atomic mass is 10.3. The maximum Gasteiger partial charge on any atom is 0.315 e. The van der Waals surface area contributed by atoms with Gasteiger partial charge in [0.2, 0.25) is 0 Å². The van der Waals surface area contributed by atoms with Crippen molar-refractivity contribution in [1.29, 1.82) is 0 Å². The molecule has 0 saturated carbocycles. The summed E-state index contributed by atoms with van der Waals surface area (Å²) >= 11 is 3.06. The minimum Gasteiger partial charge on any atom is -1.00 e. The number of aromatic nitrogens is 1. The van der Waals surface area contributed by atoms with Crippen molar-refractivity contribution in [2.24, 2.45) is 5.73 Å². The Labute approximate surface area is 127 Å². The smallest absolute Gasteiger partial charge is 0.315 e. The molecule has 0 unspecified atom stereocenters. The Bertz CT molecular complexity index is 429. The van der Waals surface area contributed by atoms with Crippen LogP contribution in [-0.4, -0.2) is 18.4 Å². The molecule has 1 amide bonds. The van der Waals surface area contributed by atoms with Crippen molar-refractivity contribution < 1.29 is 33.3 Å². The van der Waals surface area contributed by atoms with Gasteiger partial charge in [-0.05, 0) is 25.5 Å². The molecule has 0 aliphatic rings. The zero-order chi connectivity index (χ0) is 12.1. The summed E-state index contributed by atoms with van der Waals surface area (Å²) in [5.74, 6) is -0.408. The lowest BCUT2D eigenvalue weighted by Gasteiger charge is -2.03. The second-order valence-corrected chi connectivity index (χ2v) is 5.09. The number of halogens is 1. The first kappa shape index (κ1) is 16.8. The highest BCUT2D eigenvalue weighted by Crippen LogP contribution is 2.27. The number of hydrogen-bond donors (Lipinski definition) is 1. The highest BCUT2D eigenvalue weighted by atomic mass is 127. The summed E-state index contributed by atoms with van der Waals surface area (Å²) in [6.07, 6.45) is 7.60. The van der Waals surface area contributed by atoms with E-state index >= 15 is 0 Å². The van der Waals surface area contributed by atoms with Gasteiger partial charge in [-0.1, -0.05) is 0 Å². The zero-order valence-electron chi connectivity index (χ0n) is 9.94. The van der Waals surface area contributed by atoms with Crippen LogP contribution in [0.5, 0.6) is 0 Å².